The Balaban J connectivity index is 1.51. The van der Waals surface area contributed by atoms with E-state index in [-0.39, 0.29) is 16.8 Å². The molecule has 0 saturated carbocycles. The number of amides is 1. The first-order valence-electron chi connectivity index (χ1n) is 9.80. The fraction of sp³-hybridized carbons (Fsp3) is 0.409. The maximum atomic E-state index is 14.5. The average Bonchev–Trinajstić information content (AvgIpc) is 2.83. The summed E-state index contributed by atoms with van der Waals surface area (Å²) in [7, 11) is 4.47. The van der Waals surface area contributed by atoms with Crippen molar-refractivity contribution in [3.8, 4) is 11.1 Å². The molecule has 2 fully saturated rings. The summed E-state index contributed by atoms with van der Waals surface area (Å²) in [5.74, 6) is -1.16. The van der Waals surface area contributed by atoms with E-state index < -0.39 is 17.7 Å². The fourth-order valence-electron chi connectivity index (χ4n) is 4.77. The van der Waals surface area contributed by atoms with Crippen LogP contribution in [0.5, 0.6) is 0 Å². The lowest BCUT2D eigenvalue weighted by Crippen LogP contribution is -2.56. The minimum absolute atomic E-state index is 0.00457. The summed E-state index contributed by atoms with van der Waals surface area (Å²) in [6.07, 6.45) is 3.06. The van der Waals surface area contributed by atoms with E-state index in [1.807, 2.05) is 0 Å². The van der Waals surface area contributed by atoms with Crippen molar-refractivity contribution in [3.05, 3.63) is 53.1 Å². The van der Waals surface area contributed by atoms with Crippen molar-refractivity contribution in [2.75, 3.05) is 19.4 Å². The topological polar surface area (TPSA) is 38.3 Å². The summed E-state index contributed by atoms with van der Waals surface area (Å²) in [6, 6.07) is 9.49. The van der Waals surface area contributed by atoms with Gasteiger partial charge in [0, 0.05) is 31.2 Å². The van der Waals surface area contributed by atoms with Gasteiger partial charge >= 0.3 is 6.09 Å². The van der Waals surface area contributed by atoms with E-state index in [0.29, 0.717) is 23.2 Å². The molecule has 154 valence electrons. The van der Waals surface area contributed by atoms with E-state index in [2.05, 4.69) is 19.4 Å². The fourth-order valence-corrected chi connectivity index (χ4v) is 4.95. The zero-order valence-corrected chi connectivity index (χ0v) is 17.2. The van der Waals surface area contributed by atoms with Crippen LogP contribution in [0.4, 0.5) is 19.3 Å². The average molecular weight is 422 g/mol. The van der Waals surface area contributed by atoms with Crippen LogP contribution in [0.1, 0.15) is 25.7 Å². The van der Waals surface area contributed by atoms with Crippen molar-refractivity contribution in [2.24, 2.45) is 0 Å². The van der Waals surface area contributed by atoms with Gasteiger partial charge < -0.3 is 9.22 Å². The zero-order valence-electron chi connectivity index (χ0n) is 16.4. The van der Waals surface area contributed by atoms with Gasteiger partial charge in [0.1, 0.15) is 17.7 Å². The van der Waals surface area contributed by atoms with Crippen LogP contribution in [0.25, 0.3) is 11.1 Å². The highest BCUT2D eigenvalue weighted by molar-refractivity contribution is 6.31. The molecule has 4 nitrogen and oxygen atoms in total. The maximum Gasteiger partial charge on any atom is 0.412 e. The van der Waals surface area contributed by atoms with Crippen LogP contribution in [-0.4, -0.2) is 42.9 Å². The van der Waals surface area contributed by atoms with Crippen LogP contribution in [0.2, 0.25) is 5.02 Å². The number of hydrogen-bond acceptors (Lipinski definition) is 2. The Labute approximate surface area is 174 Å². The van der Waals surface area contributed by atoms with Crippen molar-refractivity contribution in [2.45, 2.75) is 43.9 Å². The number of para-hydroxylation sites is 1. The number of hydrogen-bond donors (Lipinski definition) is 1. The molecule has 2 aromatic rings. The number of nitrogens with zero attached hydrogens (tertiary/aromatic N) is 1. The second-order valence-electron chi connectivity index (χ2n) is 8.43. The van der Waals surface area contributed by atoms with Crippen LogP contribution in [0, 0.1) is 11.6 Å². The van der Waals surface area contributed by atoms with Crippen LogP contribution < -0.4 is 5.32 Å². The molecule has 29 heavy (non-hydrogen) atoms. The molecule has 2 bridgehead atoms. The Morgan fingerprint density at radius 3 is 2.45 bits per heavy atom. The number of piperidine rings is 1. The van der Waals surface area contributed by atoms with E-state index in [1.54, 1.807) is 6.07 Å². The zero-order chi connectivity index (χ0) is 20.8. The highest BCUT2D eigenvalue weighted by Crippen LogP contribution is 2.40. The summed E-state index contributed by atoms with van der Waals surface area (Å²) in [5, 5.41) is 2.48. The van der Waals surface area contributed by atoms with Gasteiger partial charge in [-0.1, -0.05) is 29.8 Å². The number of anilines is 1. The van der Waals surface area contributed by atoms with Gasteiger partial charge in [0.2, 0.25) is 0 Å². The molecule has 0 aromatic heterocycles. The Morgan fingerprint density at radius 1 is 1.10 bits per heavy atom. The lowest BCUT2D eigenvalue weighted by atomic mass is 9.98. The molecule has 2 unspecified atom stereocenters. The van der Waals surface area contributed by atoms with Gasteiger partial charge in [0.25, 0.3) is 0 Å². The normalized spacial score (nSPS) is 24.9. The van der Waals surface area contributed by atoms with Gasteiger partial charge in [-0.2, -0.15) is 0 Å². The van der Waals surface area contributed by atoms with E-state index >= 15 is 0 Å². The first-order valence-corrected chi connectivity index (χ1v) is 10.2. The van der Waals surface area contributed by atoms with Crippen LogP contribution in [0.15, 0.2) is 36.4 Å². The van der Waals surface area contributed by atoms with Crippen molar-refractivity contribution >= 4 is 23.4 Å². The van der Waals surface area contributed by atoms with Gasteiger partial charge in [0.05, 0.1) is 36.9 Å². The molecule has 1 N–H and O–H groups in total. The number of ether oxygens (including phenoxy) is 1. The Hall–Kier alpha value is -2.18. The lowest BCUT2D eigenvalue weighted by molar-refractivity contribution is -0.931. The highest BCUT2D eigenvalue weighted by atomic mass is 35.5. The standard InChI is InChI=1S/C22H23ClF2N2O2/c1-27(2)14-7-8-15(27)12-16(11-14)29-22(28)26-21-17(4-3-5-20(21)25)13-6-9-19(24)18(23)10-13/h3-6,9-10,14-16H,7-8,11-12H2,1-2H3/p+1. The third kappa shape index (κ3) is 3.83. The van der Waals surface area contributed by atoms with Crippen molar-refractivity contribution in [1.82, 2.24) is 0 Å². The van der Waals surface area contributed by atoms with Gasteiger partial charge in [-0.25, -0.2) is 13.6 Å². The molecule has 0 spiro atoms. The third-order valence-corrected chi connectivity index (χ3v) is 6.82. The van der Waals surface area contributed by atoms with Gasteiger partial charge in [-0.3, -0.25) is 5.32 Å². The molecule has 1 amide bonds. The summed E-state index contributed by atoms with van der Waals surface area (Å²) < 4.78 is 34.6. The second kappa shape index (κ2) is 7.58. The van der Waals surface area contributed by atoms with Crippen LogP contribution in [-0.2, 0) is 4.74 Å². The number of nitrogens with one attached hydrogen (secondary N) is 1. The summed E-state index contributed by atoms with van der Waals surface area (Å²) >= 11 is 5.86. The van der Waals surface area contributed by atoms with Crippen molar-refractivity contribution < 1.29 is 22.8 Å². The summed E-state index contributed by atoms with van der Waals surface area (Å²) in [5.41, 5.74) is 0.904. The van der Waals surface area contributed by atoms with E-state index in [4.69, 9.17) is 16.3 Å². The van der Waals surface area contributed by atoms with E-state index in [1.165, 1.54) is 30.3 Å². The predicted molar refractivity (Wildman–Crippen MR) is 109 cm³/mol. The lowest BCUT2D eigenvalue weighted by Gasteiger charge is -2.43. The SMILES string of the molecule is C[N+]1(C)C2CCC1CC(OC(=O)Nc1c(F)cccc1-c1ccc(F)c(Cl)c1)C2. The number of benzene rings is 2. The van der Waals surface area contributed by atoms with E-state index in [0.717, 1.165) is 30.2 Å². The van der Waals surface area contributed by atoms with Crippen molar-refractivity contribution in [3.63, 3.8) is 0 Å². The molecule has 2 aliphatic heterocycles. The third-order valence-electron chi connectivity index (χ3n) is 6.53. The van der Waals surface area contributed by atoms with Crippen LogP contribution >= 0.6 is 11.6 Å². The molecule has 0 radical (unpaired) electrons. The first-order chi connectivity index (χ1) is 13.8. The monoisotopic (exact) mass is 421 g/mol. The molecule has 2 atom stereocenters. The number of quaternary nitrogens is 1. The number of carbonyl (C=O) groups excluding carboxylic acids is 1. The Bertz CT molecular complexity index is 934. The minimum atomic E-state index is -0.679. The largest absolute Gasteiger partial charge is 0.445 e. The summed E-state index contributed by atoms with van der Waals surface area (Å²) in [4.78, 5) is 12.5. The minimum Gasteiger partial charge on any atom is -0.445 e. The molecule has 4 rings (SSSR count). The van der Waals surface area contributed by atoms with Gasteiger partial charge in [-0.15, -0.1) is 0 Å². The maximum absolute atomic E-state index is 14.5. The first kappa shape index (κ1) is 20.1. The molecule has 0 aliphatic carbocycles. The molecule has 2 saturated heterocycles. The van der Waals surface area contributed by atoms with Crippen molar-refractivity contribution in [1.29, 1.82) is 0 Å². The van der Waals surface area contributed by atoms with Crippen LogP contribution in [0.3, 0.4) is 0 Å². The molecule has 2 aromatic carbocycles. The molecule has 2 heterocycles. The number of carbonyl (C=O) groups is 1. The number of halogens is 3. The number of fused-ring (bicyclic) bond motifs is 2. The number of rotatable bonds is 3. The Kier molecular flexibility index (Phi) is 5.25. The molecule has 7 heteroatoms. The van der Waals surface area contributed by atoms with E-state index in [9.17, 15) is 13.6 Å². The molecular weight excluding hydrogens is 398 g/mol. The quantitative estimate of drug-likeness (QED) is 0.655. The predicted octanol–water partition coefficient (Wildman–Crippen LogP) is 5.60. The van der Waals surface area contributed by atoms with Gasteiger partial charge in [0.15, 0.2) is 0 Å². The highest BCUT2D eigenvalue weighted by Gasteiger charge is 2.49. The smallest absolute Gasteiger partial charge is 0.412 e. The Morgan fingerprint density at radius 2 is 1.79 bits per heavy atom. The van der Waals surface area contributed by atoms with Gasteiger partial charge in [-0.05, 0) is 23.8 Å². The summed E-state index contributed by atoms with van der Waals surface area (Å²) in [6.45, 7) is 0. The molecular formula is C22H24ClF2N2O2+. The molecule has 2 aliphatic rings. The second-order valence-corrected chi connectivity index (χ2v) is 8.84.